The summed E-state index contributed by atoms with van der Waals surface area (Å²) in [4.78, 5) is 24.6. The first kappa shape index (κ1) is 19.0. The van der Waals surface area contributed by atoms with E-state index in [0.717, 1.165) is 5.56 Å². The summed E-state index contributed by atoms with van der Waals surface area (Å²) < 4.78 is 5.41. The second kappa shape index (κ2) is 7.02. The van der Waals surface area contributed by atoms with Crippen LogP contribution in [0.4, 0.5) is 0 Å². The van der Waals surface area contributed by atoms with Gasteiger partial charge in [0.25, 0.3) is 0 Å². The van der Waals surface area contributed by atoms with Crippen molar-refractivity contribution in [3.8, 4) is 5.75 Å². The van der Waals surface area contributed by atoms with E-state index in [2.05, 4.69) is 5.32 Å². The van der Waals surface area contributed by atoms with Gasteiger partial charge in [-0.05, 0) is 38.5 Å². The number of rotatable bonds is 4. The molecule has 128 valence electrons. The molecule has 0 radical (unpaired) electrons. The highest BCUT2D eigenvalue weighted by Gasteiger charge is 2.30. The van der Waals surface area contributed by atoms with Gasteiger partial charge >= 0.3 is 5.97 Å². The summed E-state index contributed by atoms with van der Waals surface area (Å²) in [7, 11) is 0. The fourth-order valence-electron chi connectivity index (χ4n) is 1.81. The molecule has 5 nitrogen and oxygen atoms in total. The van der Waals surface area contributed by atoms with Crippen LogP contribution in [-0.2, 0) is 20.7 Å². The normalized spacial score (nSPS) is 13.3. The number of hydrogen-bond donors (Lipinski definition) is 2. The molecule has 0 saturated heterocycles. The Balaban J connectivity index is 2.93. The number of phenolic OH excluding ortho intramolecular Hbond substituents is 1. The van der Waals surface area contributed by atoms with Crippen LogP contribution in [0.5, 0.6) is 5.75 Å². The van der Waals surface area contributed by atoms with Crippen molar-refractivity contribution in [2.24, 2.45) is 5.41 Å². The van der Waals surface area contributed by atoms with Gasteiger partial charge in [0.2, 0.25) is 5.91 Å². The third-order valence-electron chi connectivity index (χ3n) is 3.05. The average Bonchev–Trinajstić information content (AvgIpc) is 2.37. The van der Waals surface area contributed by atoms with Crippen LogP contribution in [0.2, 0.25) is 0 Å². The van der Waals surface area contributed by atoms with E-state index in [4.69, 9.17) is 4.74 Å². The molecule has 0 aliphatic carbocycles. The van der Waals surface area contributed by atoms with E-state index in [-0.39, 0.29) is 11.7 Å². The van der Waals surface area contributed by atoms with Gasteiger partial charge in [0.1, 0.15) is 17.4 Å². The third kappa shape index (κ3) is 6.72. The lowest BCUT2D eigenvalue weighted by Crippen LogP contribution is -2.48. The Bertz CT molecular complexity index is 550. The number of esters is 1. The number of carbonyl (C=O) groups excluding carboxylic acids is 2. The molecule has 0 saturated carbocycles. The van der Waals surface area contributed by atoms with E-state index in [1.165, 1.54) is 0 Å². The van der Waals surface area contributed by atoms with Crippen LogP contribution in [0, 0.1) is 5.41 Å². The minimum Gasteiger partial charge on any atom is -0.508 e. The Kier molecular flexibility index (Phi) is 5.81. The van der Waals surface area contributed by atoms with Crippen molar-refractivity contribution >= 4 is 11.9 Å². The molecule has 1 rings (SSSR count). The maximum atomic E-state index is 12.4. The molecule has 0 spiro atoms. The molecular formula is C18H27NO4. The number of phenols is 1. The largest absolute Gasteiger partial charge is 0.508 e. The van der Waals surface area contributed by atoms with E-state index < -0.39 is 23.0 Å². The van der Waals surface area contributed by atoms with E-state index in [1.807, 2.05) is 0 Å². The molecule has 2 N–H and O–H groups in total. The van der Waals surface area contributed by atoms with Crippen LogP contribution < -0.4 is 5.32 Å². The molecule has 0 heterocycles. The van der Waals surface area contributed by atoms with Crippen molar-refractivity contribution in [3.63, 3.8) is 0 Å². The predicted octanol–water partition coefficient (Wildman–Crippen LogP) is 2.81. The number of hydrogen-bond acceptors (Lipinski definition) is 4. The fraction of sp³-hybridized carbons (Fsp3) is 0.556. The van der Waals surface area contributed by atoms with Gasteiger partial charge in [0.15, 0.2) is 0 Å². The zero-order chi connectivity index (χ0) is 17.8. The molecule has 0 aromatic heterocycles. The maximum absolute atomic E-state index is 12.4. The quantitative estimate of drug-likeness (QED) is 0.836. The lowest BCUT2D eigenvalue weighted by atomic mass is 9.94. The number of amides is 1. The zero-order valence-electron chi connectivity index (χ0n) is 14.8. The molecule has 1 aromatic rings. The third-order valence-corrected chi connectivity index (χ3v) is 3.05. The zero-order valence-corrected chi connectivity index (χ0v) is 14.8. The number of benzene rings is 1. The highest BCUT2D eigenvalue weighted by molar-refractivity contribution is 5.87. The van der Waals surface area contributed by atoms with E-state index in [0.29, 0.717) is 6.42 Å². The lowest BCUT2D eigenvalue weighted by Gasteiger charge is -2.27. The van der Waals surface area contributed by atoms with Crippen molar-refractivity contribution in [1.82, 2.24) is 5.32 Å². The molecule has 23 heavy (non-hydrogen) atoms. The summed E-state index contributed by atoms with van der Waals surface area (Å²) in [5.74, 6) is -0.531. The Morgan fingerprint density at radius 1 is 1.09 bits per heavy atom. The van der Waals surface area contributed by atoms with Crippen molar-refractivity contribution < 1.29 is 19.4 Å². The van der Waals surface area contributed by atoms with Crippen LogP contribution in [0.1, 0.15) is 47.1 Å². The molecule has 1 aromatic carbocycles. The fourth-order valence-corrected chi connectivity index (χ4v) is 1.81. The molecule has 5 heteroatoms. The van der Waals surface area contributed by atoms with Crippen molar-refractivity contribution in [3.05, 3.63) is 29.8 Å². The van der Waals surface area contributed by atoms with Crippen LogP contribution in [0.3, 0.4) is 0 Å². The topological polar surface area (TPSA) is 75.6 Å². The highest BCUT2D eigenvalue weighted by Crippen LogP contribution is 2.17. The average molecular weight is 321 g/mol. The summed E-state index contributed by atoms with van der Waals surface area (Å²) in [5.41, 5.74) is -0.403. The molecular weight excluding hydrogens is 294 g/mol. The summed E-state index contributed by atoms with van der Waals surface area (Å²) in [5, 5.41) is 12.1. The molecule has 1 unspecified atom stereocenters. The molecule has 0 aliphatic heterocycles. The van der Waals surface area contributed by atoms with E-state index in [9.17, 15) is 14.7 Å². The minimum atomic E-state index is -0.773. The number of ether oxygens (including phenoxy) is 1. The smallest absolute Gasteiger partial charge is 0.329 e. The van der Waals surface area contributed by atoms with Gasteiger partial charge in [-0.15, -0.1) is 0 Å². The number of aromatic hydroxyl groups is 1. The molecule has 1 amide bonds. The Hall–Kier alpha value is -2.04. The molecule has 0 bridgehead atoms. The van der Waals surface area contributed by atoms with Crippen LogP contribution in [0.25, 0.3) is 0 Å². The first-order valence-corrected chi connectivity index (χ1v) is 7.70. The molecule has 0 aliphatic rings. The first-order chi connectivity index (χ1) is 10.4. The van der Waals surface area contributed by atoms with E-state index in [1.54, 1.807) is 65.8 Å². The van der Waals surface area contributed by atoms with Crippen molar-refractivity contribution in [2.75, 3.05) is 0 Å². The second-order valence-electron chi connectivity index (χ2n) is 7.68. The van der Waals surface area contributed by atoms with E-state index >= 15 is 0 Å². The summed E-state index contributed by atoms with van der Waals surface area (Å²) in [6.45, 7) is 10.7. The molecule has 1 atom stereocenters. The van der Waals surface area contributed by atoms with Gasteiger partial charge in [0.05, 0.1) is 0 Å². The van der Waals surface area contributed by atoms with Gasteiger partial charge in [-0.3, -0.25) is 4.79 Å². The Morgan fingerprint density at radius 3 is 2.04 bits per heavy atom. The highest BCUT2D eigenvalue weighted by atomic mass is 16.6. The standard InChI is InChI=1S/C18H27NO4/c1-17(2,3)16(22)19-14(15(21)23-18(4,5)6)11-12-7-9-13(20)10-8-12/h7-10,14,20H,11H2,1-6H3,(H,19,22). The van der Waals surface area contributed by atoms with Crippen molar-refractivity contribution in [2.45, 2.75) is 59.6 Å². The predicted molar refractivity (Wildman–Crippen MR) is 89.0 cm³/mol. The van der Waals surface area contributed by atoms with Gasteiger partial charge in [0, 0.05) is 11.8 Å². The van der Waals surface area contributed by atoms with Crippen LogP contribution in [0.15, 0.2) is 24.3 Å². The van der Waals surface area contributed by atoms with Gasteiger partial charge in [-0.1, -0.05) is 32.9 Å². The first-order valence-electron chi connectivity index (χ1n) is 7.70. The summed E-state index contributed by atoms with van der Waals surface area (Å²) in [6, 6.07) is 5.76. The second-order valence-corrected chi connectivity index (χ2v) is 7.68. The lowest BCUT2D eigenvalue weighted by molar-refractivity contribution is -0.159. The van der Waals surface area contributed by atoms with Crippen molar-refractivity contribution in [1.29, 1.82) is 0 Å². The Morgan fingerprint density at radius 2 is 1.61 bits per heavy atom. The minimum absolute atomic E-state index is 0.154. The Labute approximate surface area is 138 Å². The SMILES string of the molecule is CC(C)(C)OC(=O)C(Cc1ccc(O)cc1)NC(=O)C(C)(C)C. The molecule has 0 fully saturated rings. The summed E-state index contributed by atoms with van der Waals surface area (Å²) in [6.07, 6.45) is 0.303. The van der Waals surface area contributed by atoms with Crippen LogP contribution in [-0.4, -0.2) is 28.6 Å². The number of carbonyl (C=O) groups is 2. The van der Waals surface area contributed by atoms with Crippen LogP contribution >= 0.6 is 0 Å². The number of nitrogens with one attached hydrogen (secondary N) is 1. The maximum Gasteiger partial charge on any atom is 0.329 e. The van der Waals surface area contributed by atoms with Gasteiger partial charge < -0.3 is 15.2 Å². The summed E-state index contributed by atoms with van der Waals surface area (Å²) >= 11 is 0. The van der Waals surface area contributed by atoms with Gasteiger partial charge in [-0.25, -0.2) is 4.79 Å². The van der Waals surface area contributed by atoms with Gasteiger partial charge in [-0.2, -0.15) is 0 Å². The monoisotopic (exact) mass is 321 g/mol.